The molecule has 1 heterocycles. The zero-order chi connectivity index (χ0) is 41.0. The van der Waals surface area contributed by atoms with Crippen molar-refractivity contribution in [2.45, 2.75) is 103 Å². The molecule has 0 aliphatic carbocycles. The van der Waals surface area contributed by atoms with Crippen molar-refractivity contribution in [3.8, 4) is 0 Å². The lowest BCUT2D eigenvalue weighted by Gasteiger charge is -2.32. The Bertz CT molecular complexity index is 1150. The molecular formula is C38H68BN3O13. The van der Waals surface area contributed by atoms with Gasteiger partial charge in [0.25, 0.3) is 0 Å². The average Bonchev–Trinajstić information content (AvgIpc) is 3.10. The summed E-state index contributed by atoms with van der Waals surface area (Å²) < 4.78 is 16.2. The number of nitrogens with one attached hydrogen (secondary N) is 1. The molecule has 1 aliphatic rings. The summed E-state index contributed by atoms with van der Waals surface area (Å²) in [5.41, 5.74) is 0.0663. The van der Waals surface area contributed by atoms with Crippen LogP contribution >= 0.6 is 0 Å². The second-order valence-electron chi connectivity index (χ2n) is 14.8. The van der Waals surface area contributed by atoms with Crippen molar-refractivity contribution in [3.63, 3.8) is 0 Å². The first kappa shape index (κ1) is 49.9. The summed E-state index contributed by atoms with van der Waals surface area (Å²) in [5, 5.41) is 42.1. The van der Waals surface area contributed by atoms with Crippen LogP contribution in [0.4, 0.5) is 0 Å². The second kappa shape index (κ2) is 30.1. The van der Waals surface area contributed by atoms with Gasteiger partial charge in [-0.25, -0.2) is 0 Å². The third-order valence-electron chi connectivity index (χ3n) is 10.5. The van der Waals surface area contributed by atoms with Crippen LogP contribution in [-0.2, 0) is 43.0 Å². The molecule has 1 saturated heterocycles. The van der Waals surface area contributed by atoms with E-state index in [1.807, 2.05) is 13.8 Å². The smallest absolute Gasteiger partial charge is 0.320 e. The van der Waals surface area contributed by atoms with Crippen LogP contribution in [0.25, 0.3) is 0 Å². The van der Waals surface area contributed by atoms with Gasteiger partial charge in [0.05, 0.1) is 51.9 Å². The number of amides is 1. The van der Waals surface area contributed by atoms with Crippen molar-refractivity contribution in [3.05, 3.63) is 0 Å². The van der Waals surface area contributed by atoms with Crippen LogP contribution < -0.4 is 5.32 Å². The number of ether oxygens (including phenoxy) is 3. The Morgan fingerprint density at radius 1 is 0.691 bits per heavy atom. The summed E-state index contributed by atoms with van der Waals surface area (Å²) >= 11 is 0. The number of carbonyl (C=O) groups is 6. The number of rotatable bonds is 24. The fraction of sp³-hybridized carbons (Fsp3) is 0.842. The minimum absolute atomic E-state index is 0.0166. The van der Waals surface area contributed by atoms with Gasteiger partial charge in [-0.15, -0.1) is 0 Å². The summed E-state index contributed by atoms with van der Waals surface area (Å²) in [5.74, 6) is -4.16. The highest BCUT2D eigenvalue weighted by atomic mass is 16.5. The molecule has 0 aromatic heterocycles. The molecule has 5 atom stereocenters. The summed E-state index contributed by atoms with van der Waals surface area (Å²) in [6.45, 7) is 7.38. The van der Waals surface area contributed by atoms with Gasteiger partial charge in [0, 0.05) is 45.3 Å². The molecule has 1 rings (SSSR count). The van der Waals surface area contributed by atoms with Crippen molar-refractivity contribution in [1.29, 1.82) is 0 Å². The molecule has 0 saturated carbocycles. The molecule has 0 aromatic rings. The Labute approximate surface area is 327 Å². The SMILES string of the molecule is BC(=O)CCOCCOCCOCCNC(=O)CCC(C(=O)O)N1CCCC(CC(=O)O)C(CC)CCCC(CC(=O)O)C(C)CCCN(CC(=O)O)CC1. The molecular weight excluding hydrogens is 717 g/mol. The van der Waals surface area contributed by atoms with E-state index in [9.17, 15) is 49.2 Å². The van der Waals surface area contributed by atoms with E-state index in [2.05, 4.69) is 5.32 Å². The molecule has 1 amide bonds. The van der Waals surface area contributed by atoms with Crippen molar-refractivity contribution >= 4 is 43.3 Å². The van der Waals surface area contributed by atoms with Crippen molar-refractivity contribution in [2.75, 3.05) is 78.9 Å². The Balaban J connectivity index is 2.92. The maximum absolute atomic E-state index is 12.7. The Hall–Kier alpha value is -3.12. The largest absolute Gasteiger partial charge is 0.481 e. The Morgan fingerprint density at radius 3 is 1.87 bits per heavy atom. The van der Waals surface area contributed by atoms with Crippen LogP contribution in [0.5, 0.6) is 0 Å². The molecule has 1 fully saturated rings. The number of carbonyl (C=O) groups excluding carboxylic acids is 2. The van der Waals surface area contributed by atoms with Gasteiger partial charge in [-0.2, -0.15) is 0 Å². The summed E-state index contributed by atoms with van der Waals surface area (Å²) in [6.07, 6.45) is 5.87. The first-order valence-corrected chi connectivity index (χ1v) is 20.1. The van der Waals surface area contributed by atoms with Crippen LogP contribution in [0.3, 0.4) is 0 Å². The lowest BCUT2D eigenvalue weighted by molar-refractivity contribution is -0.144. The minimum atomic E-state index is -1.09. The van der Waals surface area contributed by atoms with E-state index in [-0.39, 0.29) is 93.7 Å². The molecule has 316 valence electrons. The highest BCUT2D eigenvalue weighted by Gasteiger charge is 2.29. The molecule has 0 radical (unpaired) electrons. The molecule has 0 bridgehead atoms. The van der Waals surface area contributed by atoms with Crippen LogP contribution in [-0.4, -0.2) is 158 Å². The zero-order valence-corrected chi connectivity index (χ0v) is 33.4. The summed E-state index contributed by atoms with van der Waals surface area (Å²) in [7, 11) is 1.51. The molecule has 0 spiro atoms. The molecule has 17 heteroatoms. The number of hydrogen-bond acceptors (Lipinski definition) is 11. The van der Waals surface area contributed by atoms with E-state index in [0.717, 1.165) is 19.3 Å². The van der Waals surface area contributed by atoms with Gasteiger partial charge in [0.1, 0.15) is 6.04 Å². The maximum Gasteiger partial charge on any atom is 0.320 e. The lowest BCUT2D eigenvalue weighted by Crippen LogP contribution is -2.47. The quantitative estimate of drug-likeness (QED) is 0.0698. The molecule has 5 unspecified atom stereocenters. The van der Waals surface area contributed by atoms with E-state index >= 15 is 0 Å². The van der Waals surface area contributed by atoms with Crippen LogP contribution in [0.2, 0.25) is 0 Å². The molecule has 5 N–H and O–H groups in total. The number of carboxylic acid groups (broad SMARTS) is 4. The molecule has 55 heavy (non-hydrogen) atoms. The fourth-order valence-corrected chi connectivity index (χ4v) is 7.38. The molecule has 16 nitrogen and oxygen atoms in total. The molecule has 0 aromatic carbocycles. The van der Waals surface area contributed by atoms with Crippen molar-refractivity contribution < 1.29 is 63.4 Å². The topological polar surface area (TPSA) is 230 Å². The third kappa shape index (κ3) is 24.9. The van der Waals surface area contributed by atoms with E-state index in [1.54, 1.807) is 9.80 Å². The summed E-state index contributed by atoms with van der Waals surface area (Å²) in [4.78, 5) is 75.2. The first-order chi connectivity index (χ1) is 26.2. The van der Waals surface area contributed by atoms with E-state index in [4.69, 9.17) is 14.2 Å². The summed E-state index contributed by atoms with van der Waals surface area (Å²) in [6, 6.07) is -1.02. The van der Waals surface area contributed by atoms with E-state index in [0.29, 0.717) is 84.6 Å². The highest BCUT2D eigenvalue weighted by molar-refractivity contribution is 6.57. The predicted octanol–water partition coefficient (Wildman–Crippen LogP) is 2.21. The monoisotopic (exact) mass is 785 g/mol. The number of nitrogens with zero attached hydrogens (tertiary/aromatic N) is 2. The standard InChI is InChI=1S/C38H68BN3O13/c1-3-29-8-4-9-30(25-35(45)46)28(2)7-5-15-41(27-37(49)50)17-18-42(16-6-10-31(29)26-36(47)48)32(38(51)52)11-12-34(44)40-14-20-54-22-24-55-23-21-53-19-13-33(39)43/h28-32H,3-27,39H2,1-2H3,(H,40,44)(H,45,46)(H,47,48)(H,49,50)(H,51,52). The third-order valence-corrected chi connectivity index (χ3v) is 10.5. The van der Waals surface area contributed by atoms with Crippen LogP contribution in [0.1, 0.15) is 97.3 Å². The van der Waals surface area contributed by atoms with Gasteiger partial charge in [-0.05, 0) is 75.3 Å². The number of aliphatic carboxylic acids is 4. The van der Waals surface area contributed by atoms with Crippen molar-refractivity contribution in [2.24, 2.45) is 23.7 Å². The van der Waals surface area contributed by atoms with Crippen LogP contribution in [0.15, 0.2) is 0 Å². The zero-order valence-electron chi connectivity index (χ0n) is 33.4. The number of carboxylic acids is 4. The lowest BCUT2D eigenvalue weighted by atomic mass is 9.78. The highest BCUT2D eigenvalue weighted by Crippen LogP contribution is 2.32. The van der Waals surface area contributed by atoms with Gasteiger partial charge >= 0.3 is 23.9 Å². The van der Waals surface area contributed by atoms with Gasteiger partial charge < -0.3 is 44.7 Å². The minimum Gasteiger partial charge on any atom is -0.481 e. The van der Waals surface area contributed by atoms with Crippen LogP contribution in [0, 0.1) is 23.7 Å². The average molecular weight is 786 g/mol. The van der Waals surface area contributed by atoms with Gasteiger partial charge in [-0.1, -0.05) is 33.1 Å². The normalized spacial score (nSPS) is 21.9. The van der Waals surface area contributed by atoms with E-state index < -0.39 is 29.9 Å². The predicted molar refractivity (Wildman–Crippen MR) is 207 cm³/mol. The Kier molecular flexibility index (Phi) is 27.3. The van der Waals surface area contributed by atoms with Gasteiger partial charge in [0.2, 0.25) is 5.91 Å². The maximum atomic E-state index is 12.7. The second-order valence-corrected chi connectivity index (χ2v) is 14.8. The molecule has 1 aliphatic heterocycles. The van der Waals surface area contributed by atoms with Gasteiger partial charge in [0.15, 0.2) is 7.85 Å². The van der Waals surface area contributed by atoms with Crippen molar-refractivity contribution in [1.82, 2.24) is 15.1 Å². The van der Waals surface area contributed by atoms with Gasteiger partial charge in [-0.3, -0.25) is 33.8 Å². The first-order valence-electron chi connectivity index (χ1n) is 20.1. The Morgan fingerprint density at radius 2 is 1.27 bits per heavy atom. The fourth-order valence-electron chi connectivity index (χ4n) is 7.38. The number of hydrogen-bond donors (Lipinski definition) is 5. The van der Waals surface area contributed by atoms with E-state index in [1.165, 1.54) is 7.85 Å².